The number of aliphatic hydroxyl groups excluding tert-OH is 2. The molecule has 0 bridgehead atoms. The van der Waals surface area contributed by atoms with E-state index in [0.29, 0.717) is 12.8 Å². The molecule has 2 unspecified atom stereocenters. The second kappa shape index (κ2) is 13.1. The highest BCUT2D eigenvalue weighted by Gasteiger charge is 2.25. The van der Waals surface area contributed by atoms with E-state index in [1.54, 1.807) is 19.9 Å². The number of carboxylic acids is 1. The SMILES string of the molecule is CCCCCC(O)C(O)C(=O)/C=C\CCCCCCC(C)(C)C(=O)O. The number of hydrogen-bond acceptors (Lipinski definition) is 4. The lowest BCUT2D eigenvalue weighted by Gasteiger charge is -2.18. The van der Waals surface area contributed by atoms with Crippen molar-refractivity contribution in [3.63, 3.8) is 0 Å². The van der Waals surface area contributed by atoms with Crippen molar-refractivity contribution < 1.29 is 24.9 Å². The first-order chi connectivity index (χ1) is 11.7. The van der Waals surface area contributed by atoms with Crippen LogP contribution in [0.5, 0.6) is 0 Å². The van der Waals surface area contributed by atoms with Crippen molar-refractivity contribution in [3.05, 3.63) is 12.2 Å². The van der Waals surface area contributed by atoms with Crippen molar-refractivity contribution in [1.82, 2.24) is 0 Å². The first-order valence-electron chi connectivity index (χ1n) is 9.52. The van der Waals surface area contributed by atoms with Crippen LogP contribution in [-0.4, -0.2) is 39.3 Å². The van der Waals surface area contributed by atoms with Gasteiger partial charge in [-0.15, -0.1) is 0 Å². The number of aliphatic hydroxyl groups is 2. The molecular formula is C20H36O5. The van der Waals surface area contributed by atoms with Crippen molar-refractivity contribution in [1.29, 1.82) is 0 Å². The first kappa shape index (κ1) is 23.8. The zero-order valence-corrected chi connectivity index (χ0v) is 16.0. The number of carbonyl (C=O) groups is 2. The highest BCUT2D eigenvalue weighted by atomic mass is 16.4. The predicted molar refractivity (Wildman–Crippen MR) is 99.4 cm³/mol. The number of ketones is 1. The van der Waals surface area contributed by atoms with E-state index in [9.17, 15) is 19.8 Å². The topological polar surface area (TPSA) is 94.8 Å². The van der Waals surface area contributed by atoms with E-state index in [1.165, 1.54) is 6.08 Å². The second-order valence-corrected chi connectivity index (χ2v) is 7.45. The van der Waals surface area contributed by atoms with Gasteiger partial charge >= 0.3 is 5.97 Å². The molecule has 0 aliphatic rings. The zero-order chi connectivity index (χ0) is 19.3. The quantitative estimate of drug-likeness (QED) is 0.306. The van der Waals surface area contributed by atoms with E-state index in [2.05, 4.69) is 6.92 Å². The molecule has 0 aromatic rings. The van der Waals surface area contributed by atoms with Gasteiger partial charge in [-0.3, -0.25) is 9.59 Å². The molecule has 0 aromatic heterocycles. The summed E-state index contributed by atoms with van der Waals surface area (Å²) in [6.45, 7) is 5.54. The molecular weight excluding hydrogens is 320 g/mol. The first-order valence-corrected chi connectivity index (χ1v) is 9.52. The van der Waals surface area contributed by atoms with Crippen molar-refractivity contribution in [2.24, 2.45) is 5.41 Å². The molecule has 146 valence electrons. The van der Waals surface area contributed by atoms with E-state index in [0.717, 1.165) is 51.4 Å². The van der Waals surface area contributed by atoms with E-state index < -0.39 is 29.4 Å². The van der Waals surface area contributed by atoms with Gasteiger partial charge in [-0.05, 0) is 45.6 Å². The Kier molecular flexibility index (Phi) is 12.4. The van der Waals surface area contributed by atoms with Crippen molar-refractivity contribution in [3.8, 4) is 0 Å². The third kappa shape index (κ3) is 11.1. The van der Waals surface area contributed by atoms with Gasteiger partial charge in [0.05, 0.1) is 11.5 Å². The van der Waals surface area contributed by atoms with Crippen LogP contribution in [0, 0.1) is 5.41 Å². The fourth-order valence-corrected chi connectivity index (χ4v) is 2.54. The van der Waals surface area contributed by atoms with Crippen molar-refractivity contribution >= 4 is 11.8 Å². The number of carboxylic acid groups (broad SMARTS) is 1. The summed E-state index contributed by atoms with van der Waals surface area (Å²) in [4.78, 5) is 22.8. The highest BCUT2D eigenvalue weighted by Crippen LogP contribution is 2.24. The molecule has 5 nitrogen and oxygen atoms in total. The van der Waals surface area contributed by atoms with Gasteiger partial charge in [0.1, 0.15) is 6.10 Å². The van der Waals surface area contributed by atoms with Gasteiger partial charge in [-0.1, -0.05) is 51.5 Å². The Bertz CT molecular complexity index is 414. The smallest absolute Gasteiger partial charge is 0.309 e. The molecule has 0 aromatic carbocycles. The third-order valence-corrected chi connectivity index (χ3v) is 4.54. The molecule has 0 aliphatic heterocycles. The number of carbonyl (C=O) groups excluding carboxylic acids is 1. The number of rotatable bonds is 15. The zero-order valence-electron chi connectivity index (χ0n) is 16.0. The van der Waals surface area contributed by atoms with Gasteiger partial charge in [0.25, 0.3) is 0 Å². The summed E-state index contributed by atoms with van der Waals surface area (Å²) >= 11 is 0. The monoisotopic (exact) mass is 356 g/mol. The molecule has 0 radical (unpaired) electrons. The number of hydrogen-bond donors (Lipinski definition) is 3. The Hall–Kier alpha value is -1.20. The van der Waals surface area contributed by atoms with Crippen LogP contribution in [0.15, 0.2) is 12.2 Å². The van der Waals surface area contributed by atoms with E-state index in [1.807, 2.05) is 0 Å². The molecule has 5 heteroatoms. The van der Waals surface area contributed by atoms with E-state index in [-0.39, 0.29) is 0 Å². The van der Waals surface area contributed by atoms with Crippen LogP contribution >= 0.6 is 0 Å². The van der Waals surface area contributed by atoms with Gasteiger partial charge in [-0.25, -0.2) is 0 Å². The Balaban J connectivity index is 3.83. The van der Waals surface area contributed by atoms with Crippen LogP contribution in [0.1, 0.15) is 85.0 Å². The largest absolute Gasteiger partial charge is 0.481 e. The van der Waals surface area contributed by atoms with Crippen LogP contribution < -0.4 is 0 Å². The summed E-state index contributed by atoms with van der Waals surface area (Å²) in [5.74, 6) is -1.20. The Morgan fingerprint density at radius 2 is 1.64 bits per heavy atom. The summed E-state index contributed by atoms with van der Waals surface area (Å²) in [6.07, 6.45) is 9.23. The van der Waals surface area contributed by atoms with E-state index in [4.69, 9.17) is 5.11 Å². The maximum Gasteiger partial charge on any atom is 0.309 e. The summed E-state index contributed by atoms with van der Waals surface area (Å²) < 4.78 is 0. The lowest BCUT2D eigenvalue weighted by molar-refractivity contribution is -0.147. The van der Waals surface area contributed by atoms with E-state index >= 15 is 0 Å². The van der Waals surface area contributed by atoms with Gasteiger partial charge in [0.15, 0.2) is 5.78 Å². The number of aliphatic carboxylic acids is 1. The third-order valence-electron chi connectivity index (χ3n) is 4.54. The second-order valence-electron chi connectivity index (χ2n) is 7.45. The van der Waals surface area contributed by atoms with Gasteiger partial charge in [0, 0.05) is 0 Å². The Morgan fingerprint density at radius 3 is 2.24 bits per heavy atom. The van der Waals surface area contributed by atoms with Crippen LogP contribution in [-0.2, 0) is 9.59 Å². The lowest BCUT2D eigenvalue weighted by Crippen LogP contribution is -2.32. The van der Waals surface area contributed by atoms with Crippen LogP contribution in [0.2, 0.25) is 0 Å². The number of allylic oxidation sites excluding steroid dienone is 1. The fraction of sp³-hybridized carbons (Fsp3) is 0.800. The molecule has 3 N–H and O–H groups in total. The van der Waals surface area contributed by atoms with Crippen LogP contribution in [0.25, 0.3) is 0 Å². The molecule has 0 aliphatic carbocycles. The van der Waals surface area contributed by atoms with Gasteiger partial charge in [-0.2, -0.15) is 0 Å². The van der Waals surface area contributed by atoms with Gasteiger partial charge in [0.2, 0.25) is 0 Å². The maximum absolute atomic E-state index is 11.8. The maximum atomic E-state index is 11.8. The number of unbranched alkanes of at least 4 members (excludes halogenated alkanes) is 6. The molecule has 2 atom stereocenters. The minimum atomic E-state index is -1.33. The van der Waals surface area contributed by atoms with Crippen molar-refractivity contribution in [2.75, 3.05) is 0 Å². The molecule has 0 fully saturated rings. The molecule has 0 heterocycles. The fourth-order valence-electron chi connectivity index (χ4n) is 2.54. The Morgan fingerprint density at radius 1 is 1.00 bits per heavy atom. The minimum Gasteiger partial charge on any atom is -0.481 e. The van der Waals surface area contributed by atoms with Gasteiger partial charge < -0.3 is 15.3 Å². The van der Waals surface area contributed by atoms with Crippen LogP contribution in [0.3, 0.4) is 0 Å². The average molecular weight is 357 g/mol. The molecule has 0 saturated heterocycles. The average Bonchev–Trinajstić information content (AvgIpc) is 2.56. The minimum absolute atomic E-state index is 0.438. The predicted octanol–water partition coefficient (Wildman–Crippen LogP) is 3.87. The van der Waals surface area contributed by atoms with Crippen molar-refractivity contribution in [2.45, 2.75) is 97.2 Å². The molecule has 0 amide bonds. The molecule has 0 saturated carbocycles. The Labute approximate surface area is 152 Å². The standard InChI is InChI=1S/C20H36O5/c1-4-5-10-13-16(21)18(23)17(22)14-11-8-6-7-9-12-15-20(2,3)19(24)25/h11,14,16,18,21,23H,4-10,12-13,15H2,1-3H3,(H,24,25)/b14-11-. The normalized spacial score (nSPS) is 14.6. The molecule has 0 rings (SSSR count). The lowest BCUT2D eigenvalue weighted by atomic mass is 9.87. The summed E-state index contributed by atoms with van der Waals surface area (Å²) in [5.41, 5.74) is -0.666. The molecule has 0 spiro atoms. The summed E-state index contributed by atoms with van der Waals surface area (Å²) in [6, 6.07) is 0. The molecule has 25 heavy (non-hydrogen) atoms. The summed E-state index contributed by atoms with van der Waals surface area (Å²) in [7, 11) is 0. The van der Waals surface area contributed by atoms with Crippen LogP contribution in [0.4, 0.5) is 0 Å². The summed E-state index contributed by atoms with van der Waals surface area (Å²) in [5, 5.41) is 28.6. The highest BCUT2D eigenvalue weighted by molar-refractivity contribution is 5.93.